The first-order valence-corrected chi connectivity index (χ1v) is 4.42. The van der Waals surface area contributed by atoms with E-state index < -0.39 is 0 Å². The highest BCUT2D eigenvalue weighted by atomic mass is 16.1. The van der Waals surface area contributed by atoms with Crippen molar-refractivity contribution in [2.24, 2.45) is 7.05 Å². The van der Waals surface area contributed by atoms with Crippen LogP contribution in [0.3, 0.4) is 0 Å². The zero-order valence-electron chi connectivity index (χ0n) is 7.87. The molecule has 1 aliphatic rings. The van der Waals surface area contributed by atoms with E-state index in [9.17, 15) is 4.79 Å². The van der Waals surface area contributed by atoms with Crippen LogP contribution in [0.2, 0.25) is 0 Å². The number of aromatic nitrogens is 2. The van der Waals surface area contributed by atoms with Gasteiger partial charge in [-0.05, 0) is 13.3 Å². The van der Waals surface area contributed by atoms with Crippen molar-refractivity contribution >= 4 is 11.4 Å². The van der Waals surface area contributed by atoms with Crippen LogP contribution in [0, 0.1) is 6.92 Å². The molecule has 0 aromatic carbocycles. The number of imidazole rings is 1. The fourth-order valence-corrected chi connectivity index (χ4v) is 1.60. The molecule has 1 aromatic rings. The summed E-state index contributed by atoms with van der Waals surface area (Å²) < 4.78 is 1.95. The van der Waals surface area contributed by atoms with E-state index in [1.807, 2.05) is 24.6 Å². The second kappa shape index (κ2) is 2.83. The van der Waals surface area contributed by atoms with Gasteiger partial charge >= 0.3 is 0 Å². The highest BCUT2D eigenvalue weighted by Gasteiger charge is 2.19. The van der Waals surface area contributed by atoms with Gasteiger partial charge in [-0.1, -0.05) is 6.08 Å². The van der Waals surface area contributed by atoms with Gasteiger partial charge in [-0.15, -0.1) is 0 Å². The largest absolute Gasteiger partial charge is 0.331 e. The molecular weight excluding hydrogens is 164 g/mol. The number of hydrogen-bond acceptors (Lipinski definition) is 2. The minimum Gasteiger partial charge on any atom is -0.331 e. The molecular formula is C10H12N2O. The normalized spacial score (nSPS) is 16.5. The molecule has 0 saturated heterocycles. The van der Waals surface area contributed by atoms with Crippen LogP contribution in [0.25, 0.3) is 5.57 Å². The van der Waals surface area contributed by atoms with Crippen molar-refractivity contribution in [3.05, 3.63) is 23.8 Å². The molecule has 1 heterocycles. The number of ketones is 1. The highest BCUT2D eigenvalue weighted by Crippen LogP contribution is 2.24. The van der Waals surface area contributed by atoms with Crippen LogP contribution >= 0.6 is 0 Å². The monoisotopic (exact) mass is 176 g/mol. The number of nitrogens with zero attached hydrogens (tertiary/aromatic N) is 2. The summed E-state index contributed by atoms with van der Waals surface area (Å²) in [6, 6.07) is 0. The van der Waals surface area contributed by atoms with Gasteiger partial charge in [-0.2, -0.15) is 0 Å². The summed E-state index contributed by atoms with van der Waals surface area (Å²) in [5.74, 6) is 1.18. The van der Waals surface area contributed by atoms with Crippen LogP contribution in [0.15, 0.2) is 12.3 Å². The summed E-state index contributed by atoms with van der Waals surface area (Å²) in [6.45, 7) is 1.93. The first kappa shape index (κ1) is 8.23. The fraction of sp³-hybridized carbons (Fsp3) is 0.400. The fourth-order valence-electron chi connectivity index (χ4n) is 1.60. The topological polar surface area (TPSA) is 34.9 Å². The number of carbonyl (C=O) groups excluding carboxylic acids is 1. The lowest BCUT2D eigenvalue weighted by Crippen LogP contribution is -2.02. The van der Waals surface area contributed by atoms with E-state index in [4.69, 9.17) is 0 Å². The van der Waals surface area contributed by atoms with Gasteiger partial charge < -0.3 is 4.57 Å². The Labute approximate surface area is 77.1 Å². The van der Waals surface area contributed by atoms with E-state index >= 15 is 0 Å². The standard InChI is InChI=1S/C10H12N2O/c1-7-11-6-9(12(7)2)8-4-3-5-10(8)13/h4,6H,3,5H2,1-2H3. The lowest BCUT2D eigenvalue weighted by atomic mass is 10.1. The van der Waals surface area contributed by atoms with Crippen molar-refractivity contribution in [1.29, 1.82) is 0 Å². The van der Waals surface area contributed by atoms with E-state index in [-0.39, 0.29) is 5.78 Å². The van der Waals surface area contributed by atoms with Crippen LogP contribution in [0.1, 0.15) is 24.4 Å². The molecule has 0 bridgehead atoms. The number of rotatable bonds is 1. The molecule has 0 amide bonds. The molecule has 0 radical (unpaired) electrons. The third-order valence-corrected chi connectivity index (χ3v) is 2.52. The van der Waals surface area contributed by atoms with Crippen molar-refractivity contribution in [3.63, 3.8) is 0 Å². The third kappa shape index (κ3) is 1.20. The van der Waals surface area contributed by atoms with Gasteiger partial charge in [0.15, 0.2) is 5.78 Å². The Morgan fingerprint density at radius 3 is 2.77 bits per heavy atom. The molecule has 0 atom stereocenters. The van der Waals surface area contributed by atoms with Gasteiger partial charge in [0.25, 0.3) is 0 Å². The Balaban J connectivity index is 2.46. The maximum absolute atomic E-state index is 11.4. The molecule has 13 heavy (non-hydrogen) atoms. The average Bonchev–Trinajstić information content (AvgIpc) is 2.62. The lowest BCUT2D eigenvalue weighted by Gasteiger charge is -2.02. The summed E-state index contributed by atoms with van der Waals surface area (Å²) in [5.41, 5.74) is 1.78. The van der Waals surface area contributed by atoms with Crippen molar-refractivity contribution in [3.8, 4) is 0 Å². The quantitative estimate of drug-likeness (QED) is 0.649. The van der Waals surface area contributed by atoms with E-state index in [0.29, 0.717) is 6.42 Å². The molecule has 0 unspecified atom stereocenters. The smallest absolute Gasteiger partial charge is 0.165 e. The van der Waals surface area contributed by atoms with Crippen molar-refractivity contribution < 1.29 is 4.79 Å². The maximum atomic E-state index is 11.4. The Morgan fingerprint density at radius 2 is 2.31 bits per heavy atom. The number of Topliss-reactive ketones (excluding diaryl/α,β-unsaturated/α-hetero) is 1. The van der Waals surface area contributed by atoms with Crippen molar-refractivity contribution in [1.82, 2.24) is 9.55 Å². The van der Waals surface area contributed by atoms with Crippen LogP contribution in [0.5, 0.6) is 0 Å². The highest BCUT2D eigenvalue weighted by molar-refractivity contribution is 6.22. The number of allylic oxidation sites excluding steroid dienone is 2. The molecule has 68 valence electrons. The average molecular weight is 176 g/mol. The second-order valence-corrected chi connectivity index (χ2v) is 3.33. The van der Waals surface area contributed by atoms with Crippen molar-refractivity contribution in [2.45, 2.75) is 19.8 Å². The molecule has 0 N–H and O–H groups in total. The SMILES string of the molecule is Cc1ncc(C2=CCCC2=O)n1C. The molecule has 3 heteroatoms. The van der Waals surface area contributed by atoms with Gasteiger partial charge in [0.2, 0.25) is 0 Å². The summed E-state index contributed by atoms with van der Waals surface area (Å²) in [4.78, 5) is 15.6. The second-order valence-electron chi connectivity index (χ2n) is 3.33. The number of aryl methyl sites for hydroxylation is 1. The Kier molecular flexibility index (Phi) is 1.79. The van der Waals surface area contributed by atoms with Crippen molar-refractivity contribution in [2.75, 3.05) is 0 Å². The molecule has 2 rings (SSSR count). The van der Waals surface area contributed by atoms with E-state index in [1.165, 1.54) is 0 Å². The lowest BCUT2D eigenvalue weighted by molar-refractivity contribution is -0.113. The molecule has 3 nitrogen and oxygen atoms in total. The Hall–Kier alpha value is -1.38. The summed E-state index contributed by atoms with van der Waals surface area (Å²) in [7, 11) is 1.93. The number of hydrogen-bond donors (Lipinski definition) is 0. The minimum atomic E-state index is 0.239. The summed E-state index contributed by atoms with van der Waals surface area (Å²) >= 11 is 0. The summed E-state index contributed by atoms with van der Waals surface area (Å²) in [5, 5.41) is 0. The predicted octanol–water partition coefficient (Wildman–Crippen LogP) is 1.47. The van der Waals surface area contributed by atoms with Gasteiger partial charge in [-0.3, -0.25) is 4.79 Å². The third-order valence-electron chi connectivity index (χ3n) is 2.52. The van der Waals surface area contributed by atoms with Gasteiger partial charge in [0, 0.05) is 19.0 Å². The molecule has 1 aromatic heterocycles. The first-order chi connectivity index (χ1) is 6.20. The predicted molar refractivity (Wildman–Crippen MR) is 50.2 cm³/mol. The summed E-state index contributed by atoms with van der Waals surface area (Å²) in [6.07, 6.45) is 5.29. The zero-order chi connectivity index (χ0) is 9.42. The van der Waals surface area contributed by atoms with Crippen LogP contribution in [-0.2, 0) is 11.8 Å². The maximum Gasteiger partial charge on any atom is 0.165 e. The van der Waals surface area contributed by atoms with Gasteiger partial charge in [-0.25, -0.2) is 4.98 Å². The number of carbonyl (C=O) groups is 1. The Morgan fingerprint density at radius 1 is 1.54 bits per heavy atom. The van der Waals surface area contributed by atoms with E-state index in [2.05, 4.69) is 4.98 Å². The van der Waals surface area contributed by atoms with Crippen LogP contribution in [0.4, 0.5) is 0 Å². The molecule has 0 spiro atoms. The van der Waals surface area contributed by atoms with E-state index in [1.54, 1.807) is 6.20 Å². The molecule has 0 saturated carbocycles. The molecule has 1 aliphatic carbocycles. The molecule has 0 aliphatic heterocycles. The first-order valence-electron chi connectivity index (χ1n) is 4.42. The van der Waals surface area contributed by atoms with Gasteiger partial charge in [0.1, 0.15) is 5.82 Å². The molecule has 0 fully saturated rings. The van der Waals surface area contributed by atoms with E-state index in [0.717, 1.165) is 23.5 Å². The zero-order valence-corrected chi connectivity index (χ0v) is 7.87. The van der Waals surface area contributed by atoms with Crippen LogP contribution in [-0.4, -0.2) is 15.3 Å². The van der Waals surface area contributed by atoms with Crippen LogP contribution < -0.4 is 0 Å². The Bertz CT molecular complexity index is 388. The van der Waals surface area contributed by atoms with Gasteiger partial charge in [0.05, 0.1) is 11.9 Å². The minimum absolute atomic E-state index is 0.239.